The highest BCUT2D eigenvalue weighted by Crippen LogP contribution is 2.37. The van der Waals surface area contributed by atoms with Crippen LogP contribution < -0.4 is 0 Å². The molecule has 3 nitrogen and oxygen atoms in total. The third kappa shape index (κ3) is 4.98. The molecule has 2 aromatic carbocycles. The van der Waals surface area contributed by atoms with Gasteiger partial charge in [0.15, 0.2) is 0 Å². The summed E-state index contributed by atoms with van der Waals surface area (Å²) in [5.41, 5.74) is 2.57. The third-order valence-electron chi connectivity index (χ3n) is 4.65. The number of halogens is 1. The molecular formula is C20H24FNO2S. The summed E-state index contributed by atoms with van der Waals surface area (Å²) in [6.45, 7) is 1.06. The van der Waals surface area contributed by atoms with Gasteiger partial charge in [0.2, 0.25) is 0 Å². The third-order valence-corrected chi connectivity index (χ3v) is 4.65. The molecule has 0 spiro atoms. The molecule has 0 aliphatic carbocycles. The highest BCUT2D eigenvalue weighted by atomic mass is 32.1. The molecule has 0 unspecified atom stereocenters. The van der Waals surface area contributed by atoms with E-state index in [1.165, 1.54) is 16.0 Å². The molecule has 25 heavy (non-hydrogen) atoms. The second-order valence-electron chi connectivity index (χ2n) is 5.97. The van der Waals surface area contributed by atoms with Crippen LogP contribution in [-0.4, -0.2) is 30.3 Å². The zero-order chi connectivity index (χ0) is 18.1. The number of rotatable bonds is 3. The van der Waals surface area contributed by atoms with Gasteiger partial charge in [-0.05, 0) is 36.1 Å². The van der Waals surface area contributed by atoms with Crippen molar-refractivity contribution in [3.05, 3.63) is 71.8 Å². The lowest BCUT2D eigenvalue weighted by molar-refractivity contribution is -0.0824. The Morgan fingerprint density at radius 1 is 1.00 bits per heavy atom. The minimum atomic E-state index is -0.876. The van der Waals surface area contributed by atoms with E-state index in [-0.39, 0.29) is 0 Å². The Morgan fingerprint density at radius 2 is 1.44 bits per heavy atom. The van der Waals surface area contributed by atoms with Crippen LogP contribution in [0.4, 0.5) is 9.32 Å². The van der Waals surface area contributed by atoms with E-state index < -0.39 is 6.09 Å². The Hall–Kier alpha value is -2.01. The monoisotopic (exact) mass is 361 g/mol. The maximum atomic E-state index is 12.1. The van der Waals surface area contributed by atoms with Crippen LogP contribution in [0.15, 0.2) is 60.7 Å². The molecule has 0 radical (unpaired) electrons. The second-order valence-corrected chi connectivity index (χ2v) is 5.97. The summed E-state index contributed by atoms with van der Waals surface area (Å²) < 4.78 is 12.1. The van der Waals surface area contributed by atoms with Crippen LogP contribution in [0.2, 0.25) is 0 Å². The molecule has 0 saturated carbocycles. The minimum Gasteiger partial charge on any atom is -0.306 e. The van der Waals surface area contributed by atoms with Crippen molar-refractivity contribution < 1.29 is 14.3 Å². The van der Waals surface area contributed by atoms with E-state index in [1.807, 2.05) is 12.1 Å². The Balaban J connectivity index is 0.00000109. The summed E-state index contributed by atoms with van der Waals surface area (Å²) in [6.07, 6.45) is 2.49. The zero-order valence-corrected chi connectivity index (χ0v) is 15.2. The SMILES string of the molecule is CS.O=C(OF)N1CCC(C(c2ccccc2)c2ccccc2)CC1. The molecule has 0 atom stereocenters. The van der Waals surface area contributed by atoms with Crippen LogP contribution in [0.5, 0.6) is 0 Å². The Kier molecular flexibility index (Phi) is 7.79. The van der Waals surface area contributed by atoms with Crippen molar-refractivity contribution in [2.45, 2.75) is 18.8 Å². The van der Waals surface area contributed by atoms with Gasteiger partial charge in [0.25, 0.3) is 0 Å². The Labute approximate surface area is 154 Å². The normalized spacial score (nSPS) is 14.6. The number of likely N-dealkylation sites (tertiary alicyclic amines) is 1. The maximum absolute atomic E-state index is 12.1. The Morgan fingerprint density at radius 3 is 1.84 bits per heavy atom. The summed E-state index contributed by atoms with van der Waals surface area (Å²) in [5.74, 6) is 0.712. The van der Waals surface area contributed by atoms with Gasteiger partial charge >= 0.3 is 6.09 Å². The van der Waals surface area contributed by atoms with Crippen molar-refractivity contribution in [2.24, 2.45) is 5.92 Å². The first-order chi connectivity index (χ1) is 12.3. The minimum absolute atomic E-state index is 0.293. The largest absolute Gasteiger partial charge is 0.447 e. The smallest absolute Gasteiger partial charge is 0.306 e. The standard InChI is InChI=1S/C19H20FNO2.CH4S/c20-23-19(22)21-13-11-17(12-14-21)18(15-7-3-1-4-8-15)16-9-5-2-6-10-16;1-2/h1-10,17-18H,11-14H2;2H,1H3. The van der Waals surface area contributed by atoms with Gasteiger partial charge in [0.1, 0.15) is 0 Å². The van der Waals surface area contributed by atoms with E-state index >= 15 is 0 Å². The molecule has 1 fully saturated rings. The summed E-state index contributed by atoms with van der Waals surface area (Å²) in [5, 5.41) is 0. The zero-order valence-electron chi connectivity index (χ0n) is 14.3. The molecule has 0 bridgehead atoms. The van der Waals surface area contributed by atoms with Crippen LogP contribution in [0.3, 0.4) is 0 Å². The van der Waals surface area contributed by atoms with E-state index in [4.69, 9.17) is 0 Å². The van der Waals surface area contributed by atoms with Crippen LogP contribution in [-0.2, 0) is 4.94 Å². The van der Waals surface area contributed by atoms with Gasteiger partial charge in [-0.1, -0.05) is 60.7 Å². The average molecular weight is 361 g/mol. The van der Waals surface area contributed by atoms with Gasteiger partial charge in [-0.3, -0.25) is 0 Å². The topological polar surface area (TPSA) is 29.5 Å². The first-order valence-corrected chi connectivity index (χ1v) is 9.31. The molecule has 0 N–H and O–H groups in total. The van der Waals surface area contributed by atoms with Crippen LogP contribution in [0, 0.1) is 5.92 Å². The van der Waals surface area contributed by atoms with Gasteiger partial charge in [0, 0.05) is 23.5 Å². The lowest BCUT2D eigenvalue weighted by atomic mass is 9.76. The van der Waals surface area contributed by atoms with Crippen LogP contribution >= 0.6 is 12.6 Å². The molecule has 2 aromatic rings. The van der Waals surface area contributed by atoms with Gasteiger partial charge in [-0.2, -0.15) is 12.6 Å². The van der Waals surface area contributed by atoms with Crippen molar-refractivity contribution in [1.82, 2.24) is 4.90 Å². The molecule has 134 valence electrons. The molecule has 1 saturated heterocycles. The second kappa shape index (κ2) is 10.1. The fraction of sp³-hybridized carbons (Fsp3) is 0.350. The molecule has 1 aliphatic rings. The Bertz CT molecular complexity index is 591. The number of benzene rings is 2. The fourth-order valence-corrected chi connectivity index (χ4v) is 3.52. The quantitative estimate of drug-likeness (QED) is 0.771. The number of amides is 1. The number of carbonyl (C=O) groups is 1. The van der Waals surface area contributed by atoms with E-state index in [9.17, 15) is 9.32 Å². The van der Waals surface area contributed by atoms with Gasteiger partial charge in [-0.25, -0.2) is 9.74 Å². The number of nitrogens with zero attached hydrogens (tertiary/aromatic N) is 1. The first-order valence-electron chi connectivity index (χ1n) is 8.41. The predicted octanol–water partition coefficient (Wildman–Crippen LogP) is 5.10. The van der Waals surface area contributed by atoms with Crippen molar-refractivity contribution in [3.63, 3.8) is 0 Å². The van der Waals surface area contributed by atoms with Crippen molar-refractivity contribution in [1.29, 1.82) is 0 Å². The van der Waals surface area contributed by atoms with Crippen LogP contribution in [0.25, 0.3) is 0 Å². The van der Waals surface area contributed by atoms with E-state index in [2.05, 4.69) is 66.1 Å². The molecular weight excluding hydrogens is 337 g/mol. The summed E-state index contributed by atoms with van der Waals surface area (Å²) in [7, 11) is 0. The molecule has 1 amide bonds. The number of thiol groups is 1. The number of piperidine rings is 1. The van der Waals surface area contributed by atoms with Crippen molar-refractivity contribution in [3.8, 4) is 0 Å². The van der Waals surface area contributed by atoms with E-state index in [0.29, 0.717) is 24.9 Å². The molecule has 3 rings (SSSR count). The van der Waals surface area contributed by atoms with Crippen molar-refractivity contribution in [2.75, 3.05) is 19.3 Å². The lowest BCUT2D eigenvalue weighted by Gasteiger charge is -2.35. The lowest BCUT2D eigenvalue weighted by Crippen LogP contribution is -2.39. The number of carbonyl (C=O) groups excluding carboxylic acids is 1. The summed E-state index contributed by atoms with van der Waals surface area (Å²) >= 11 is 3.53. The molecule has 1 heterocycles. The number of hydrogen-bond donors (Lipinski definition) is 1. The van der Waals surface area contributed by atoms with Gasteiger partial charge in [-0.15, -0.1) is 0 Å². The molecule has 1 aliphatic heterocycles. The maximum Gasteiger partial charge on any atom is 0.447 e. The highest BCUT2D eigenvalue weighted by Gasteiger charge is 2.31. The predicted molar refractivity (Wildman–Crippen MR) is 102 cm³/mol. The van der Waals surface area contributed by atoms with Crippen molar-refractivity contribution >= 4 is 18.7 Å². The van der Waals surface area contributed by atoms with Gasteiger partial charge in [0.05, 0.1) is 0 Å². The fourth-order valence-electron chi connectivity index (χ4n) is 3.52. The van der Waals surface area contributed by atoms with Gasteiger partial charge < -0.3 is 4.90 Å². The van der Waals surface area contributed by atoms with E-state index in [0.717, 1.165) is 12.8 Å². The van der Waals surface area contributed by atoms with E-state index in [1.54, 1.807) is 6.26 Å². The van der Waals surface area contributed by atoms with Crippen LogP contribution in [0.1, 0.15) is 29.9 Å². The number of hydrogen-bond acceptors (Lipinski definition) is 3. The first kappa shape index (κ1) is 19.3. The summed E-state index contributed by atoms with van der Waals surface area (Å²) in [6, 6.07) is 20.9. The summed E-state index contributed by atoms with van der Waals surface area (Å²) in [4.78, 5) is 16.1. The average Bonchev–Trinajstić information content (AvgIpc) is 2.71. The molecule has 0 aromatic heterocycles. The molecule has 5 heteroatoms. The highest BCUT2D eigenvalue weighted by molar-refractivity contribution is 7.79.